The van der Waals surface area contributed by atoms with E-state index in [1.807, 2.05) is 93.6 Å². The smallest absolute Gasteiger partial charge is 0.330 e. The molecule has 0 radical (unpaired) electrons. The van der Waals surface area contributed by atoms with Crippen LogP contribution in [0, 0.1) is 5.92 Å². The number of carbonyl (C=O) groups excluding carboxylic acids is 2. The standard InChI is InChI=1S/C34H33NO3/c1-24(23-36)31(32(37)38-33(2,3)4)35(26-17-9-6-10-18-26)34(25-15-7-5-8-16-25)29-21-13-11-19-27(29)28-20-12-14-22-30(28)34/h5-24,31H,1-4H3. The maximum absolute atomic E-state index is 14.1. The van der Waals surface area contributed by atoms with Crippen LogP contribution in [-0.4, -0.2) is 23.9 Å². The van der Waals surface area contributed by atoms with E-state index in [4.69, 9.17) is 4.74 Å². The molecule has 4 aromatic carbocycles. The van der Waals surface area contributed by atoms with Crippen LogP contribution in [0.4, 0.5) is 5.69 Å². The lowest BCUT2D eigenvalue weighted by molar-refractivity contribution is -0.158. The zero-order valence-corrected chi connectivity index (χ0v) is 22.3. The minimum atomic E-state index is -0.895. The SMILES string of the molecule is CC(C=O)C(C(=O)OC(C)(C)C)N(c1ccccc1)C1(c2ccccc2)c2ccccc2-c2ccccc21. The molecule has 1 aliphatic rings. The van der Waals surface area contributed by atoms with Crippen LogP contribution >= 0.6 is 0 Å². The van der Waals surface area contributed by atoms with E-state index in [9.17, 15) is 9.59 Å². The maximum Gasteiger partial charge on any atom is 0.330 e. The molecule has 2 atom stereocenters. The Hall–Kier alpha value is -4.18. The van der Waals surface area contributed by atoms with Crippen LogP contribution in [0.15, 0.2) is 109 Å². The highest BCUT2D eigenvalue weighted by Gasteiger charge is 2.54. The Morgan fingerprint density at radius 2 is 1.24 bits per heavy atom. The molecule has 0 amide bonds. The van der Waals surface area contributed by atoms with Gasteiger partial charge in [0.1, 0.15) is 23.5 Å². The third-order valence-corrected chi connectivity index (χ3v) is 7.15. The molecule has 38 heavy (non-hydrogen) atoms. The second-order valence-corrected chi connectivity index (χ2v) is 10.8. The first-order valence-electron chi connectivity index (χ1n) is 13.1. The van der Waals surface area contributed by atoms with Gasteiger partial charge in [0.25, 0.3) is 0 Å². The zero-order chi connectivity index (χ0) is 26.9. The van der Waals surface area contributed by atoms with Gasteiger partial charge in [-0.15, -0.1) is 0 Å². The monoisotopic (exact) mass is 503 g/mol. The van der Waals surface area contributed by atoms with Crippen molar-refractivity contribution < 1.29 is 14.3 Å². The van der Waals surface area contributed by atoms with Gasteiger partial charge < -0.3 is 14.4 Å². The number of nitrogens with zero attached hydrogens (tertiary/aromatic N) is 1. The summed E-state index contributed by atoms with van der Waals surface area (Å²) in [5.41, 5.74) is 4.55. The number of para-hydroxylation sites is 1. The van der Waals surface area contributed by atoms with Crippen LogP contribution < -0.4 is 4.90 Å². The van der Waals surface area contributed by atoms with Crippen molar-refractivity contribution >= 4 is 17.9 Å². The largest absolute Gasteiger partial charge is 0.458 e. The molecule has 0 bridgehead atoms. The number of hydrogen-bond acceptors (Lipinski definition) is 4. The van der Waals surface area contributed by atoms with Gasteiger partial charge in [-0.25, -0.2) is 4.79 Å². The van der Waals surface area contributed by atoms with Gasteiger partial charge in [0.15, 0.2) is 0 Å². The molecule has 2 unspecified atom stereocenters. The number of rotatable bonds is 7. The first-order valence-corrected chi connectivity index (χ1v) is 13.1. The number of fused-ring (bicyclic) bond motifs is 3. The lowest BCUT2D eigenvalue weighted by atomic mass is 9.76. The molecule has 0 spiro atoms. The first-order chi connectivity index (χ1) is 18.3. The van der Waals surface area contributed by atoms with E-state index < -0.39 is 29.1 Å². The summed E-state index contributed by atoms with van der Waals surface area (Å²) < 4.78 is 6.00. The Morgan fingerprint density at radius 1 is 0.763 bits per heavy atom. The molecule has 1 aliphatic carbocycles. The molecular weight excluding hydrogens is 470 g/mol. The summed E-state index contributed by atoms with van der Waals surface area (Å²) in [6.07, 6.45) is 0.857. The summed E-state index contributed by atoms with van der Waals surface area (Å²) in [6, 6.07) is 35.9. The third kappa shape index (κ3) is 4.20. The Morgan fingerprint density at radius 3 is 1.74 bits per heavy atom. The average molecular weight is 504 g/mol. The number of esters is 1. The van der Waals surface area contributed by atoms with Crippen molar-refractivity contribution in [1.82, 2.24) is 0 Å². The van der Waals surface area contributed by atoms with Gasteiger partial charge in [0, 0.05) is 11.6 Å². The lowest BCUT2D eigenvalue weighted by Crippen LogP contribution is -2.58. The van der Waals surface area contributed by atoms with Crippen molar-refractivity contribution in [2.24, 2.45) is 5.92 Å². The van der Waals surface area contributed by atoms with Gasteiger partial charge in [0.2, 0.25) is 0 Å². The van der Waals surface area contributed by atoms with Crippen LogP contribution in [0.25, 0.3) is 11.1 Å². The average Bonchev–Trinajstić information content (AvgIpc) is 3.22. The number of anilines is 1. The normalized spacial score (nSPS) is 15.1. The van der Waals surface area contributed by atoms with Crippen LogP contribution in [0.2, 0.25) is 0 Å². The molecule has 5 rings (SSSR count). The van der Waals surface area contributed by atoms with Crippen molar-refractivity contribution in [3.8, 4) is 11.1 Å². The minimum Gasteiger partial charge on any atom is -0.458 e. The first kappa shape index (κ1) is 25.5. The maximum atomic E-state index is 14.1. The lowest BCUT2D eigenvalue weighted by Gasteiger charge is -2.49. The quantitative estimate of drug-likeness (QED) is 0.201. The fourth-order valence-electron chi connectivity index (χ4n) is 5.74. The molecule has 4 nitrogen and oxygen atoms in total. The van der Waals surface area contributed by atoms with Crippen LogP contribution in [0.1, 0.15) is 44.4 Å². The van der Waals surface area contributed by atoms with E-state index in [1.54, 1.807) is 6.92 Å². The Bertz CT molecular complexity index is 1390. The second-order valence-electron chi connectivity index (χ2n) is 10.8. The van der Waals surface area contributed by atoms with Crippen molar-refractivity contribution in [2.75, 3.05) is 4.90 Å². The molecule has 0 aliphatic heterocycles. The minimum absolute atomic E-state index is 0.432. The van der Waals surface area contributed by atoms with Crippen molar-refractivity contribution in [1.29, 1.82) is 0 Å². The summed E-state index contributed by atoms with van der Waals surface area (Å²) in [5, 5.41) is 0. The van der Waals surface area contributed by atoms with Gasteiger partial charge in [-0.2, -0.15) is 0 Å². The molecule has 0 fully saturated rings. The fraction of sp³-hybridized carbons (Fsp3) is 0.235. The number of ether oxygens (including phenoxy) is 1. The zero-order valence-electron chi connectivity index (χ0n) is 22.3. The number of hydrogen-bond donors (Lipinski definition) is 0. The molecule has 0 saturated carbocycles. The van der Waals surface area contributed by atoms with E-state index in [0.29, 0.717) is 0 Å². The second kappa shape index (κ2) is 9.94. The number of benzene rings is 4. The molecule has 0 saturated heterocycles. The van der Waals surface area contributed by atoms with E-state index in [1.165, 1.54) is 0 Å². The van der Waals surface area contributed by atoms with Gasteiger partial charge in [-0.05, 0) is 60.7 Å². The predicted octanol–water partition coefficient (Wildman–Crippen LogP) is 7.01. The number of aldehydes is 1. The predicted molar refractivity (Wildman–Crippen MR) is 152 cm³/mol. The Labute approximate surface area is 224 Å². The molecule has 4 aromatic rings. The highest BCUT2D eigenvalue weighted by Crippen LogP contribution is 2.56. The van der Waals surface area contributed by atoms with Crippen molar-refractivity contribution in [2.45, 2.75) is 44.9 Å². The van der Waals surface area contributed by atoms with Crippen LogP contribution in [-0.2, 0) is 19.9 Å². The summed E-state index contributed by atoms with van der Waals surface area (Å²) in [6.45, 7) is 7.36. The van der Waals surface area contributed by atoms with Gasteiger partial charge in [0.05, 0.1) is 0 Å². The highest BCUT2D eigenvalue weighted by atomic mass is 16.6. The van der Waals surface area contributed by atoms with E-state index in [2.05, 4.69) is 41.3 Å². The molecule has 4 heteroatoms. The summed E-state index contributed by atoms with van der Waals surface area (Å²) >= 11 is 0. The van der Waals surface area contributed by atoms with Gasteiger partial charge in [-0.1, -0.05) is 104 Å². The molecule has 0 N–H and O–H groups in total. The van der Waals surface area contributed by atoms with E-state index >= 15 is 0 Å². The van der Waals surface area contributed by atoms with Crippen LogP contribution in [0.5, 0.6) is 0 Å². The fourth-order valence-corrected chi connectivity index (χ4v) is 5.74. The van der Waals surface area contributed by atoms with Crippen molar-refractivity contribution in [3.63, 3.8) is 0 Å². The number of carbonyl (C=O) groups is 2. The third-order valence-electron chi connectivity index (χ3n) is 7.15. The van der Waals surface area contributed by atoms with Gasteiger partial charge in [-0.3, -0.25) is 0 Å². The topological polar surface area (TPSA) is 46.6 Å². The summed E-state index contributed by atoms with van der Waals surface area (Å²) in [4.78, 5) is 28.7. The van der Waals surface area contributed by atoms with Crippen molar-refractivity contribution in [3.05, 3.63) is 126 Å². The molecule has 0 aromatic heterocycles. The van der Waals surface area contributed by atoms with Gasteiger partial charge >= 0.3 is 5.97 Å². The van der Waals surface area contributed by atoms with E-state index in [-0.39, 0.29) is 0 Å². The van der Waals surface area contributed by atoms with E-state index in [0.717, 1.165) is 39.8 Å². The molecular formula is C34H33NO3. The summed E-state index contributed by atoms with van der Waals surface area (Å²) in [7, 11) is 0. The summed E-state index contributed by atoms with van der Waals surface area (Å²) in [5.74, 6) is -1.08. The highest BCUT2D eigenvalue weighted by molar-refractivity contribution is 5.91. The Kier molecular flexibility index (Phi) is 6.66. The Balaban J connectivity index is 1.92. The van der Waals surface area contributed by atoms with Crippen LogP contribution in [0.3, 0.4) is 0 Å². The molecule has 192 valence electrons. The molecule has 0 heterocycles.